The molecule has 2 atom stereocenters. The molecule has 2 aromatic carbocycles. The van der Waals surface area contributed by atoms with E-state index in [1.165, 1.54) is 0 Å². The lowest BCUT2D eigenvalue weighted by Gasteiger charge is -2.43. The van der Waals surface area contributed by atoms with Crippen molar-refractivity contribution >= 4 is 36.1 Å². The Morgan fingerprint density at radius 3 is 1.36 bits per heavy atom. The quantitative estimate of drug-likeness (QED) is 0.0811. The molecule has 2 unspecified atom stereocenters. The standard InChI is InChI=1S/C53H82N4O12/c1-49(2,3)66-40-53(39-58,26-25-45(60)65-38-42-21-17-14-18-22-42)57-33-29-54(35-46(61)67-50(4,5)6)27-31-56(32-28-55(30-34-57)36-47(62)68-51(7,8)9)43(48(63)69-52(10,11)12)23-24-44(59)64-37-41-19-15-13-16-20-41/h13-22,39,43H,23-38,40H2,1-12H3. The molecule has 0 saturated carbocycles. The minimum Gasteiger partial charge on any atom is -0.461 e. The maximum absolute atomic E-state index is 14.2. The molecule has 0 radical (unpaired) electrons. The molecule has 16 nitrogen and oxygen atoms in total. The summed E-state index contributed by atoms with van der Waals surface area (Å²) in [4.78, 5) is 89.4. The molecule has 0 aromatic heterocycles. The highest BCUT2D eigenvalue weighted by molar-refractivity contribution is 5.78. The normalized spacial score (nSPS) is 17.0. The van der Waals surface area contributed by atoms with Crippen molar-refractivity contribution in [2.45, 2.75) is 156 Å². The van der Waals surface area contributed by atoms with Crippen molar-refractivity contribution < 1.29 is 57.2 Å². The first-order chi connectivity index (χ1) is 32.1. The van der Waals surface area contributed by atoms with Crippen molar-refractivity contribution in [3.8, 4) is 0 Å². The van der Waals surface area contributed by atoms with Crippen molar-refractivity contribution in [2.75, 3.05) is 72.1 Å². The van der Waals surface area contributed by atoms with E-state index in [0.717, 1.165) is 17.4 Å². The molecule has 1 aliphatic heterocycles. The van der Waals surface area contributed by atoms with Crippen LogP contribution in [0, 0.1) is 0 Å². The maximum Gasteiger partial charge on any atom is 0.323 e. The fourth-order valence-electron chi connectivity index (χ4n) is 7.54. The van der Waals surface area contributed by atoms with E-state index in [0.29, 0.717) is 0 Å². The predicted molar refractivity (Wildman–Crippen MR) is 263 cm³/mol. The van der Waals surface area contributed by atoms with E-state index < -0.39 is 63.8 Å². The third kappa shape index (κ3) is 24.1. The summed E-state index contributed by atoms with van der Waals surface area (Å²) in [5.41, 5.74) is -2.68. The van der Waals surface area contributed by atoms with Gasteiger partial charge in [-0.15, -0.1) is 0 Å². The number of carbonyl (C=O) groups is 6. The number of rotatable bonds is 20. The average Bonchev–Trinajstić information content (AvgIpc) is 3.23. The molecule has 0 spiro atoms. The van der Waals surface area contributed by atoms with Gasteiger partial charge in [0.2, 0.25) is 0 Å². The van der Waals surface area contributed by atoms with Gasteiger partial charge in [0.05, 0.1) is 25.3 Å². The fourth-order valence-corrected chi connectivity index (χ4v) is 7.54. The van der Waals surface area contributed by atoms with Crippen LogP contribution in [0.4, 0.5) is 0 Å². The van der Waals surface area contributed by atoms with Crippen LogP contribution < -0.4 is 0 Å². The number of aldehydes is 1. The molecule has 2 aromatic rings. The van der Waals surface area contributed by atoms with E-state index in [2.05, 4.69) is 0 Å². The molecule has 0 amide bonds. The lowest BCUT2D eigenvalue weighted by molar-refractivity contribution is -0.164. The Labute approximate surface area is 411 Å². The Morgan fingerprint density at radius 1 is 0.536 bits per heavy atom. The Hall–Kier alpha value is -4.74. The van der Waals surface area contributed by atoms with Gasteiger partial charge in [-0.1, -0.05) is 60.7 Å². The molecule has 386 valence electrons. The van der Waals surface area contributed by atoms with E-state index in [1.807, 2.05) is 101 Å². The highest BCUT2D eigenvalue weighted by Crippen LogP contribution is 2.26. The van der Waals surface area contributed by atoms with E-state index >= 15 is 0 Å². The molecular formula is C53H82N4O12. The van der Waals surface area contributed by atoms with Crippen LogP contribution in [0.1, 0.15) is 120 Å². The van der Waals surface area contributed by atoms with Gasteiger partial charge >= 0.3 is 29.8 Å². The zero-order valence-electron chi connectivity index (χ0n) is 43.6. The second-order valence-electron chi connectivity index (χ2n) is 21.8. The summed E-state index contributed by atoms with van der Waals surface area (Å²) in [6.45, 7) is 23.7. The zero-order valence-corrected chi connectivity index (χ0v) is 43.6. The first-order valence-electron chi connectivity index (χ1n) is 24.2. The average molecular weight is 967 g/mol. The number of esters is 5. The van der Waals surface area contributed by atoms with Gasteiger partial charge in [0.1, 0.15) is 47.9 Å². The van der Waals surface area contributed by atoms with Crippen molar-refractivity contribution in [1.29, 1.82) is 0 Å². The molecular weight excluding hydrogens is 885 g/mol. The highest BCUT2D eigenvalue weighted by Gasteiger charge is 2.40. The van der Waals surface area contributed by atoms with E-state index in [1.54, 1.807) is 62.3 Å². The van der Waals surface area contributed by atoms with Crippen LogP contribution in [0.5, 0.6) is 0 Å². The van der Waals surface area contributed by atoms with Crippen LogP contribution in [0.2, 0.25) is 0 Å². The molecule has 69 heavy (non-hydrogen) atoms. The van der Waals surface area contributed by atoms with E-state index in [-0.39, 0.29) is 111 Å². The maximum atomic E-state index is 14.2. The first kappa shape index (κ1) is 58.6. The second-order valence-corrected chi connectivity index (χ2v) is 21.8. The van der Waals surface area contributed by atoms with E-state index in [4.69, 9.17) is 28.4 Å². The third-order valence-corrected chi connectivity index (χ3v) is 10.9. The van der Waals surface area contributed by atoms with Crippen LogP contribution >= 0.6 is 0 Å². The predicted octanol–water partition coefficient (Wildman–Crippen LogP) is 6.40. The third-order valence-electron chi connectivity index (χ3n) is 10.9. The minimum absolute atomic E-state index is 0.0524. The number of ether oxygens (including phenoxy) is 6. The number of benzene rings is 2. The zero-order chi connectivity index (χ0) is 51.5. The lowest BCUT2D eigenvalue weighted by atomic mass is 9.92. The van der Waals surface area contributed by atoms with Gasteiger partial charge in [0.15, 0.2) is 0 Å². The monoisotopic (exact) mass is 967 g/mol. The van der Waals surface area contributed by atoms with Crippen LogP contribution in [0.15, 0.2) is 60.7 Å². The number of carbonyl (C=O) groups excluding carboxylic acids is 6. The molecule has 0 aliphatic carbocycles. The van der Waals surface area contributed by atoms with Crippen molar-refractivity contribution in [3.63, 3.8) is 0 Å². The fraction of sp³-hybridized carbons (Fsp3) is 0.660. The molecule has 1 saturated heterocycles. The summed E-state index contributed by atoms with van der Waals surface area (Å²) >= 11 is 0. The summed E-state index contributed by atoms with van der Waals surface area (Å²) < 4.78 is 35.2. The smallest absolute Gasteiger partial charge is 0.323 e. The Kier molecular flexibility index (Phi) is 22.9. The summed E-state index contributed by atoms with van der Waals surface area (Å²) in [6, 6.07) is 17.8. The second kappa shape index (κ2) is 27.0. The van der Waals surface area contributed by atoms with Crippen LogP contribution in [-0.4, -0.2) is 162 Å². The Balaban J connectivity index is 2.07. The summed E-state index contributed by atoms with van der Waals surface area (Å²) in [5.74, 6) is -2.39. The molecule has 16 heteroatoms. The van der Waals surface area contributed by atoms with Gasteiger partial charge in [0, 0.05) is 65.2 Å². The Morgan fingerprint density at radius 2 is 0.957 bits per heavy atom. The summed E-state index contributed by atoms with van der Waals surface area (Å²) in [7, 11) is 0. The van der Waals surface area contributed by atoms with Crippen LogP contribution in [-0.2, 0) is 70.4 Å². The van der Waals surface area contributed by atoms with Gasteiger partial charge in [-0.3, -0.25) is 43.6 Å². The Bertz CT molecular complexity index is 1870. The molecule has 3 rings (SSSR count). The van der Waals surface area contributed by atoms with Gasteiger partial charge in [-0.25, -0.2) is 0 Å². The number of nitrogens with zero attached hydrogens (tertiary/aromatic N) is 4. The first-order valence-corrected chi connectivity index (χ1v) is 24.2. The SMILES string of the molecule is CC(C)(C)OCC(C=O)(CCC(=O)OCc1ccccc1)N1CCN(CC(=O)OC(C)(C)C)CCN(C(CCC(=O)OCc2ccccc2)C(=O)OC(C)(C)C)CCN(CC(=O)OC(C)(C)C)CC1. The van der Waals surface area contributed by atoms with Crippen LogP contribution in [0.3, 0.4) is 0 Å². The minimum atomic E-state index is -1.33. The molecule has 1 aliphatic rings. The van der Waals surface area contributed by atoms with Gasteiger partial charge in [-0.2, -0.15) is 0 Å². The molecule has 0 bridgehead atoms. The van der Waals surface area contributed by atoms with E-state index in [9.17, 15) is 28.8 Å². The molecule has 1 heterocycles. The highest BCUT2D eigenvalue weighted by atomic mass is 16.6. The molecule has 1 fully saturated rings. The molecule has 0 N–H and O–H groups in total. The number of hydrogen-bond donors (Lipinski definition) is 0. The lowest BCUT2D eigenvalue weighted by Crippen LogP contribution is -2.59. The van der Waals surface area contributed by atoms with Gasteiger partial charge in [0.25, 0.3) is 0 Å². The summed E-state index contributed by atoms with van der Waals surface area (Å²) in [5, 5.41) is 0. The van der Waals surface area contributed by atoms with Gasteiger partial charge < -0.3 is 33.2 Å². The van der Waals surface area contributed by atoms with Crippen molar-refractivity contribution in [3.05, 3.63) is 71.8 Å². The van der Waals surface area contributed by atoms with Gasteiger partial charge in [-0.05, 0) is 107 Å². The largest absolute Gasteiger partial charge is 0.461 e. The number of hydrogen-bond acceptors (Lipinski definition) is 16. The summed E-state index contributed by atoms with van der Waals surface area (Å²) in [6.07, 6.45) is 0.828. The van der Waals surface area contributed by atoms with Crippen molar-refractivity contribution in [2.24, 2.45) is 0 Å². The topological polar surface area (TPSA) is 171 Å². The van der Waals surface area contributed by atoms with Crippen molar-refractivity contribution in [1.82, 2.24) is 19.6 Å². The van der Waals surface area contributed by atoms with Crippen LogP contribution in [0.25, 0.3) is 0 Å².